The third-order valence-electron chi connectivity index (χ3n) is 3.93. The molecule has 168 valence electrons. The Morgan fingerprint density at radius 3 is 2.16 bits per heavy atom. The first kappa shape index (κ1) is 23.5. The van der Waals surface area contributed by atoms with Crippen molar-refractivity contribution in [3.63, 3.8) is 0 Å². The molecule has 31 heavy (non-hydrogen) atoms. The van der Waals surface area contributed by atoms with Gasteiger partial charge in [-0.15, -0.1) is 5.11 Å². The molecule has 0 bridgehead atoms. The van der Waals surface area contributed by atoms with Crippen molar-refractivity contribution in [2.75, 3.05) is 6.61 Å². The van der Waals surface area contributed by atoms with E-state index in [0.717, 1.165) is 20.8 Å². The first-order valence-electron chi connectivity index (χ1n) is 8.53. The molecule has 2 heterocycles. The molecule has 2 rings (SSSR count). The molecule has 1 saturated heterocycles. The molecule has 0 aromatic carbocycles. The Bertz CT molecular complexity index is 870. The second-order valence-corrected chi connectivity index (χ2v) is 6.23. The number of amides is 2. The molecule has 0 N–H and O–H groups in total. The van der Waals surface area contributed by atoms with Gasteiger partial charge in [0.1, 0.15) is 17.6 Å². The highest BCUT2D eigenvalue weighted by molar-refractivity contribution is 6.42. The molecule has 0 radical (unpaired) electrons. The fraction of sp³-hybridized carbons (Fsp3) is 0.600. The van der Waals surface area contributed by atoms with Crippen LogP contribution in [0.3, 0.4) is 0 Å². The maximum Gasteiger partial charge on any atom is 0.478 e. The van der Waals surface area contributed by atoms with Gasteiger partial charge in [-0.05, 0) is 0 Å². The van der Waals surface area contributed by atoms with Gasteiger partial charge < -0.3 is 18.9 Å². The van der Waals surface area contributed by atoms with E-state index in [-0.39, 0.29) is 0 Å². The highest BCUT2D eigenvalue weighted by Crippen LogP contribution is 2.31. The van der Waals surface area contributed by atoms with Gasteiger partial charge in [0.05, 0.1) is 0 Å². The summed E-state index contributed by atoms with van der Waals surface area (Å²) in [6, 6.07) is -2.28. The third kappa shape index (κ3) is 5.21. The summed E-state index contributed by atoms with van der Waals surface area (Å²) < 4.78 is 20.4. The van der Waals surface area contributed by atoms with Gasteiger partial charge in [0.2, 0.25) is 0 Å². The van der Waals surface area contributed by atoms with E-state index in [2.05, 4.69) is 10.3 Å². The Balaban J connectivity index is 2.39. The molecule has 0 saturated carbocycles. The fourth-order valence-electron chi connectivity index (χ4n) is 2.75. The van der Waals surface area contributed by atoms with Crippen LogP contribution in [0.5, 0.6) is 0 Å². The van der Waals surface area contributed by atoms with E-state index in [1.54, 1.807) is 0 Å². The number of Topliss-reactive ketones (excluding diaryl/α,β-unsaturated/α-hetero) is 1. The molecule has 2 aliphatic rings. The lowest BCUT2D eigenvalue weighted by Gasteiger charge is -2.28. The maximum atomic E-state index is 12.4. The molecule has 1 fully saturated rings. The number of ether oxygens (including phenoxy) is 4. The average Bonchev–Trinajstić information content (AvgIpc) is 2.97. The standard InChI is InChI=1S/C15H16N4O12/c1-5(20)28-4-8-11(29-6(2)21)12(30-7(3)22)15(31-8)18-14(25)10(23)9(16-17-18)13(24)19(26)27/h8-9,11-12,15H,4H2,1-3H3. The van der Waals surface area contributed by atoms with Crippen molar-refractivity contribution in [1.82, 2.24) is 5.01 Å². The van der Waals surface area contributed by atoms with Crippen LogP contribution in [0.4, 0.5) is 0 Å². The minimum absolute atomic E-state index is 0.296. The van der Waals surface area contributed by atoms with E-state index >= 15 is 0 Å². The van der Waals surface area contributed by atoms with E-state index in [1.165, 1.54) is 0 Å². The van der Waals surface area contributed by atoms with Gasteiger partial charge in [-0.25, -0.2) is 4.79 Å². The van der Waals surface area contributed by atoms with E-state index in [9.17, 15) is 38.9 Å². The number of esters is 3. The maximum absolute atomic E-state index is 12.4. The molecule has 16 nitrogen and oxygen atoms in total. The monoisotopic (exact) mass is 444 g/mol. The van der Waals surface area contributed by atoms with Gasteiger partial charge in [-0.1, -0.05) is 5.22 Å². The predicted octanol–water partition coefficient (Wildman–Crippen LogP) is -1.91. The van der Waals surface area contributed by atoms with Gasteiger partial charge in [0, 0.05) is 20.8 Å². The second-order valence-electron chi connectivity index (χ2n) is 6.23. The van der Waals surface area contributed by atoms with Crippen LogP contribution in [0.25, 0.3) is 0 Å². The number of nitrogens with zero attached hydrogens (tertiary/aromatic N) is 4. The van der Waals surface area contributed by atoms with E-state index in [0.29, 0.717) is 5.01 Å². The minimum Gasteiger partial charge on any atom is -0.463 e. The summed E-state index contributed by atoms with van der Waals surface area (Å²) in [6.07, 6.45) is -5.87. The van der Waals surface area contributed by atoms with Crippen LogP contribution in [0, 0.1) is 10.1 Å². The smallest absolute Gasteiger partial charge is 0.463 e. The minimum atomic E-state index is -2.28. The first-order chi connectivity index (χ1) is 14.4. The lowest BCUT2D eigenvalue weighted by atomic mass is 10.1. The zero-order valence-corrected chi connectivity index (χ0v) is 16.3. The summed E-state index contributed by atoms with van der Waals surface area (Å²) in [5, 5.41) is 17.4. The van der Waals surface area contributed by atoms with Crippen LogP contribution in [-0.2, 0) is 47.7 Å². The molecule has 2 aliphatic heterocycles. The molecule has 0 aromatic rings. The van der Waals surface area contributed by atoms with Crippen LogP contribution in [0.15, 0.2) is 10.3 Å². The zero-order valence-electron chi connectivity index (χ0n) is 16.3. The van der Waals surface area contributed by atoms with E-state index in [4.69, 9.17) is 18.9 Å². The number of hydrogen-bond acceptors (Lipinski definition) is 14. The van der Waals surface area contributed by atoms with Gasteiger partial charge in [0.15, 0.2) is 18.4 Å². The zero-order chi connectivity index (χ0) is 23.5. The Labute approximate surface area is 172 Å². The van der Waals surface area contributed by atoms with Crippen LogP contribution in [-0.4, -0.2) is 82.6 Å². The SMILES string of the molecule is CC(=O)OCC1OC(N2N=NC(C(=O)[N+](=O)[O-])C(=O)C2=O)C(OC(C)=O)C1OC(C)=O. The number of ketones is 1. The molecule has 2 amide bonds. The molecule has 16 heteroatoms. The number of nitro groups is 1. The Morgan fingerprint density at radius 1 is 1.06 bits per heavy atom. The summed E-state index contributed by atoms with van der Waals surface area (Å²) in [7, 11) is 0. The van der Waals surface area contributed by atoms with Crippen molar-refractivity contribution >= 4 is 35.5 Å². The Hall–Kier alpha value is -3.82. The summed E-state index contributed by atoms with van der Waals surface area (Å²) >= 11 is 0. The number of rotatable bonds is 6. The van der Waals surface area contributed by atoms with Crippen molar-refractivity contribution in [3.8, 4) is 0 Å². The summed E-state index contributed by atoms with van der Waals surface area (Å²) in [5.41, 5.74) is 0. The largest absolute Gasteiger partial charge is 0.478 e. The molecule has 0 spiro atoms. The van der Waals surface area contributed by atoms with Gasteiger partial charge in [-0.2, -0.15) is 5.01 Å². The van der Waals surface area contributed by atoms with Crippen molar-refractivity contribution in [1.29, 1.82) is 0 Å². The van der Waals surface area contributed by atoms with Crippen molar-refractivity contribution < 1.29 is 52.6 Å². The lowest BCUT2D eigenvalue weighted by Crippen LogP contribution is -2.54. The molecule has 5 unspecified atom stereocenters. The first-order valence-corrected chi connectivity index (χ1v) is 8.53. The van der Waals surface area contributed by atoms with Crippen molar-refractivity contribution in [2.45, 2.75) is 51.4 Å². The summed E-state index contributed by atoms with van der Waals surface area (Å²) in [6.45, 7) is 2.63. The van der Waals surface area contributed by atoms with Crippen LogP contribution in [0.1, 0.15) is 20.8 Å². The van der Waals surface area contributed by atoms with Gasteiger partial charge >= 0.3 is 29.7 Å². The van der Waals surface area contributed by atoms with E-state index < -0.39 is 77.6 Å². The number of carbonyl (C=O) groups excluding carboxylic acids is 6. The highest BCUT2D eigenvalue weighted by atomic mass is 16.7. The van der Waals surface area contributed by atoms with Gasteiger partial charge in [-0.3, -0.25) is 34.1 Å². The molecule has 0 aliphatic carbocycles. The van der Waals surface area contributed by atoms with Crippen molar-refractivity contribution in [3.05, 3.63) is 10.1 Å². The summed E-state index contributed by atoms with van der Waals surface area (Å²) in [4.78, 5) is 79.3. The Kier molecular flexibility index (Phi) is 7.06. The van der Waals surface area contributed by atoms with E-state index in [1.807, 2.05) is 0 Å². The summed E-state index contributed by atoms with van der Waals surface area (Å²) in [5.74, 6) is -7.41. The third-order valence-corrected chi connectivity index (χ3v) is 3.93. The highest BCUT2D eigenvalue weighted by Gasteiger charge is 2.56. The normalized spacial score (nSPS) is 27.6. The fourth-order valence-corrected chi connectivity index (χ4v) is 2.75. The van der Waals surface area contributed by atoms with Crippen LogP contribution >= 0.6 is 0 Å². The molecular weight excluding hydrogens is 428 g/mol. The molecule has 0 aromatic heterocycles. The second kappa shape index (κ2) is 9.33. The van der Waals surface area contributed by atoms with Gasteiger partial charge in [0.25, 0.3) is 11.8 Å². The Morgan fingerprint density at radius 2 is 1.65 bits per heavy atom. The lowest BCUT2D eigenvalue weighted by molar-refractivity contribution is -0.402. The topological polar surface area (TPSA) is 210 Å². The average molecular weight is 444 g/mol. The number of carbonyl (C=O) groups is 6. The molecular formula is C15H16N4O12. The van der Waals surface area contributed by atoms with Crippen molar-refractivity contribution in [2.24, 2.45) is 10.3 Å². The number of hydrogen-bond donors (Lipinski definition) is 0. The quantitative estimate of drug-likeness (QED) is 0.110. The predicted molar refractivity (Wildman–Crippen MR) is 88.9 cm³/mol. The van der Waals surface area contributed by atoms with Crippen LogP contribution < -0.4 is 0 Å². The van der Waals surface area contributed by atoms with Crippen LogP contribution in [0.2, 0.25) is 0 Å². The molecule has 5 atom stereocenters.